The zero-order valence-electron chi connectivity index (χ0n) is 18.6. The number of hydrogen-bond acceptors (Lipinski definition) is 6. The minimum atomic E-state index is -0.534. The molecule has 0 aliphatic heterocycles. The van der Waals surface area contributed by atoms with Gasteiger partial charge in [-0.3, -0.25) is 0 Å². The summed E-state index contributed by atoms with van der Waals surface area (Å²) in [6, 6.07) is 12.4. The molecule has 6 nitrogen and oxygen atoms in total. The van der Waals surface area contributed by atoms with Gasteiger partial charge in [-0.25, -0.2) is 4.79 Å². The monoisotopic (exact) mass is 438 g/mol. The molecule has 3 rings (SSSR count). The number of benzene rings is 3. The molecule has 0 fully saturated rings. The molecule has 0 heterocycles. The molecular weight excluding hydrogens is 408 g/mol. The smallest absolute Gasteiger partial charge is 0.341 e. The van der Waals surface area contributed by atoms with Gasteiger partial charge in [-0.1, -0.05) is 31.5 Å². The normalized spacial score (nSPS) is 10.9. The molecule has 0 saturated carbocycles. The Balaban J connectivity index is 1.58. The van der Waals surface area contributed by atoms with Crippen LogP contribution in [0.15, 0.2) is 42.5 Å². The number of rotatable bonds is 10. The van der Waals surface area contributed by atoms with Crippen LogP contribution >= 0.6 is 0 Å². The number of hydrogen-bond donors (Lipinski definition) is 3. The van der Waals surface area contributed by atoms with E-state index >= 15 is 0 Å². The highest BCUT2D eigenvalue weighted by Gasteiger charge is 2.19. The predicted molar refractivity (Wildman–Crippen MR) is 124 cm³/mol. The van der Waals surface area contributed by atoms with E-state index in [4.69, 9.17) is 9.47 Å². The van der Waals surface area contributed by atoms with E-state index in [1.54, 1.807) is 31.2 Å². The largest absolute Gasteiger partial charge is 0.507 e. The third-order valence-electron chi connectivity index (χ3n) is 5.35. The third-order valence-corrected chi connectivity index (χ3v) is 5.35. The Bertz CT molecular complexity index is 1090. The zero-order valence-corrected chi connectivity index (χ0v) is 18.6. The van der Waals surface area contributed by atoms with Crippen LogP contribution in [0.3, 0.4) is 0 Å². The Morgan fingerprint density at radius 1 is 0.875 bits per heavy atom. The lowest BCUT2D eigenvalue weighted by molar-refractivity contribution is 0.0522. The molecule has 0 aliphatic carbocycles. The summed E-state index contributed by atoms with van der Waals surface area (Å²) in [5.41, 5.74) is 1.94. The number of aromatic hydroxyl groups is 3. The molecule has 0 amide bonds. The molecule has 0 radical (unpaired) electrons. The second-order valence-electron chi connectivity index (χ2n) is 7.74. The van der Waals surface area contributed by atoms with Gasteiger partial charge in [0.1, 0.15) is 17.1 Å². The first kappa shape index (κ1) is 23.3. The number of esters is 1. The van der Waals surface area contributed by atoms with Crippen molar-refractivity contribution in [2.75, 3.05) is 13.2 Å². The second kappa shape index (κ2) is 10.8. The van der Waals surface area contributed by atoms with Crippen molar-refractivity contribution >= 4 is 16.7 Å². The van der Waals surface area contributed by atoms with Gasteiger partial charge in [0.2, 0.25) is 0 Å². The van der Waals surface area contributed by atoms with Crippen molar-refractivity contribution in [1.29, 1.82) is 0 Å². The maximum Gasteiger partial charge on any atom is 0.341 e. The maximum absolute atomic E-state index is 12.0. The van der Waals surface area contributed by atoms with Crippen LogP contribution in [-0.2, 0) is 17.6 Å². The highest BCUT2D eigenvalue weighted by Crippen LogP contribution is 2.33. The molecule has 6 heteroatoms. The number of phenolic OH excluding ortho intramolecular Hbond substituents is 3. The summed E-state index contributed by atoms with van der Waals surface area (Å²) in [4.78, 5) is 12.0. The Kier molecular flexibility index (Phi) is 7.82. The molecular formula is C26H30O6. The van der Waals surface area contributed by atoms with Crippen LogP contribution in [0.1, 0.15) is 54.6 Å². The van der Waals surface area contributed by atoms with Gasteiger partial charge in [-0.15, -0.1) is 0 Å². The standard InChI is InChI=1S/C26H30O6/c1-3-7-20-24(12-11-21(25(20)29)26(30)31-4-2)32-13-6-5-8-17-9-10-18-15-22(27)23(28)16-19(18)14-17/h9-12,14-16,27-29H,3-8,13H2,1-2H3. The van der Waals surface area contributed by atoms with Crippen LogP contribution in [-0.4, -0.2) is 34.5 Å². The van der Waals surface area contributed by atoms with Gasteiger partial charge in [0.05, 0.1) is 13.2 Å². The first-order valence-electron chi connectivity index (χ1n) is 11.0. The highest BCUT2D eigenvalue weighted by atomic mass is 16.5. The minimum absolute atomic E-state index is 0.0618. The summed E-state index contributed by atoms with van der Waals surface area (Å²) >= 11 is 0. The number of aryl methyl sites for hydroxylation is 1. The summed E-state index contributed by atoms with van der Waals surface area (Å²) in [5, 5.41) is 31.6. The van der Waals surface area contributed by atoms with E-state index in [-0.39, 0.29) is 29.4 Å². The Morgan fingerprint density at radius 3 is 2.34 bits per heavy atom. The van der Waals surface area contributed by atoms with E-state index in [0.717, 1.165) is 42.0 Å². The molecule has 0 bridgehead atoms. The van der Waals surface area contributed by atoms with Crippen LogP contribution in [0.2, 0.25) is 0 Å². The number of carbonyl (C=O) groups is 1. The van der Waals surface area contributed by atoms with Crippen molar-refractivity contribution in [3.63, 3.8) is 0 Å². The molecule has 32 heavy (non-hydrogen) atoms. The van der Waals surface area contributed by atoms with Gasteiger partial charge in [0, 0.05) is 5.56 Å². The van der Waals surface area contributed by atoms with E-state index in [0.29, 0.717) is 24.3 Å². The SMILES string of the molecule is CCCc1c(OCCCCc2ccc3cc(O)c(O)cc3c2)ccc(C(=O)OCC)c1O. The summed E-state index contributed by atoms with van der Waals surface area (Å²) in [6.45, 7) is 4.48. The average molecular weight is 439 g/mol. The number of carbonyl (C=O) groups excluding carboxylic acids is 1. The quantitative estimate of drug-likeness (QED) is 0.220. The second-order valence-corrected chi connectivity index (χ2v) is 7.74. The fourth-order valence-electron chi connectivity index (χ4n) is 3.71. The van der Waals surface area contributed by atoms with Crippen LogP contribution in [0.4, 0.5) is 0 Å². The first-order chi connectivity index (χ1) is 15.4. The van der Waals surface area contributed by atoms with Crippen LogP contribution in [0.5, 0.6) is 23.0 Å². The Hall–Kier alpha value is -3.41. The van der Waals surface area contributed by atoms with Crippen LogP contribution in [0.25, 0.3) is 10.8 Å². The van der Waals surface area contributed by atoms with Crippen LogP contribution in [0, 0.1) is 0 Å². The van der Waals surface area contributed by atoms with Crippen molar-refractivity contribution in [3.05, 3.63) is 59.2 Å². The lowest BCUT2D eigenvalue weighted by Gasteiger charge is -2.15. The third kappa shape index (κ3) is 5.44. The van der Waals surface area contributed by atoms with Gasteiger partial charge in [-0.05, 0) is 73.2 Å². The maximum atomic E-state index is 12.0. The van der Waals surface area contributed by atoms with E-state index < -0.39 is 5.97 Å². The Morgan fingerprint density at radius 2 is 1.62 bits per heavy atom. The molecule has 3 aromatic carbocycles. The fourth-order valence-corrected chi connectivity index (χ4v) is 3.71. The first-order valence-corrected chi connectivity index (χ1v) is 11.0. The number of phenols is 3. The Labute approximate surface area is 188 Å². The van der Waals surface area contributed by atoms with Gasteiger partial charge in [0.25, 0.3) is 0 Å². The molecule has 170 valence electrons. The molecule has 0 unspecified atom stereocenters. The summed E-state index contributed by atoms with van der Waals surface area (Å²) < 4.78 is 10.9. The molecule has 0 saturated heterocycles. The predicted octanol–water partition coefficient (Wildman–Crippen LogP) is 5.49. The van der Waals surface area contributed by atoms with E-state index in [1.165, 1.54) is 0 Å². The summed E-state index contributed by atoms with van der Waals surface area (Å²) in [7, 11) is 0. The van der Waals surface area contributed by atoms with Crippen molar-refractivity contribution in [1.82, 2.24) is 0 Å². The molecule has 0 aromatic heterocycles. The number of ether oxygens (including phenoxy) is 2. The van der Waals surface area contributed by atoms with Crippen LogP contribution < -0.4 is 4.74 Å². The lowest BCUT2D eigenvalue weighted by atomic mass is 10.0. The van der Waals surface area contributed by atoms with Gasteiger partial charge in [0.15, 0.2) is 11.5 Å². The molecule has 0 spiro atoms. The lowest BCUT2D eigenvalue weighted by Crippen LogP contribution is -2.08. The summed E-state index contributed by atoms with van der Waals surface area (Å²) in [6.07, 6.45) is 4.01. The van der Waals surface area contributed by atoms with Crippen molar-refractivity contribution in [3.8, 4) is 23.0 Å². The van der Waals surface area contributed by atoms with Gasteiger partial charge < -0.3 is 24.8 Å². The summed E-state index contributed by atoms with van der Waals surface area (Å²) in [5.74, 6) is -0.242. The highest BCUT2D eigenvalue weighted by molar-refractivity contribution is 5.93. The molecule has 3 aromatic rings. The topological polar surface area (TPSA) is 96.2 Å². The van der Waals surface area contributed by atoms with E-state index in [1.807, 2.05) is 25.1 Å². The van der Waals surface area contributed by atoms with Gasteiger partial charge >= 0.3 is 5.97 Å². The van der Waals surface area contributed by atoms with E-state index in [2.05, 4.69) is 0 Å². The zero-order chi connectivity index (χ0) is 23.1. The van der Waals surface area contributed by atoms with Crippen molar-refractivity contribution in [2.24, 2.45) is 0 Å². The average Bonchev–Trinajstić information content (AvgIpc) is 2.76. The molecule has 0 atom stereocenters. The number of unbranched alkanes of at least 4 members (excludes halogenated alkanes) is 1. The molecule has 3 N–H and O–H groups in total. The van der Waals surface area contributed by atoms with E-state index in [9.17, 15) is 20.1 Å². The van der Waals surface area contributed by atoms with Crippen molar-refractivity contribution in [2.45, 2.75) is 46.0 Å². The number of fused-ring (bicyclic) bond motifs is 1. The fraction of sp³-hybridized carbons (Fsp3) is 0.346. The molecule has 0 aliphatic rings. The van der Waals surface area contributed by atoms with Gasteiger partial charge in [-0.2, -0.15) is 0 Å². The minimum Gasteiger partial charge on any atom is -0.507 e. The van der Waals surface area contributed by atoms with Crippen molar-refractivity contribution < 1.29 is 29.6 Å².